The molecule has 39 atom stereocenters. The smallest absolute Gasteiger partial charge is 0.187 e. The molecule has 41 heteroatoms. The molecule has 0 aromatic heterocycles. The molecule has 0 unspecified atom stereocenters. The second-order valence-electron chi connectivity index (χ2n) is 22.0. The Morgan fingerprint density at radius 3 is 0.730 bits per heavy atom. The quantitative estimate of drug-likeness (QED) is 0.0358. The number of ether oxygens (including phenoxy) is 14. The number of carbonyl (C=O) groups is 1. The van der Waals surface area contributed by atoms with Gasteiger partial charge in [0, 0.05) is 0 Å². The fraction of sp³-hybridized carbons (Fsp3) is 0.979. The summed E-state index contributed by atoms with van der Waals surface area (Å²) in [6.45, 7) is -8.67. The average Bonchev–Trinajstić information content (AvgIpc) is 2.40. The molecule has 0 saturated carbocycles. The van der Waals surface area contributed by atoms with E-state index in [2.05, 4.69) is 0 Å². The molecular weight excluding hydrogens is 1230 g/mol. The maximum Gasteiger partial charge on any atom is 0.187 e. The third kappa shape index (κ3) is 15.8. The highest BCUT2D eigenvalue weighted by molar-refractivity contribution is 5.56. The Morgan fingerprint density at radius 2 is 0.506 bits per heavy atom. The number of carbonyl (C=O) groups excluding carboxylic acids is 1. The Morgan fingerprint density at radius 1 is 0.292 bits per heavy atom. The molecule has 0 amide bonds. The average molecular weight is 1320 g/mol. The maximum absolute atomic E-state index is 11.8. The van der Waals surface area contributed by atoms with Crippen LogP contribution in [0.15, 0.2) is 0 Å². The van der Waals surface area contributed by atoms with Crippen molar-refractivity contribution in [2.75, 3.05) is 52.9 Å². The van der Waals surface area contributed by atoms with Crippen molar-refractivity contribution < 1.29 is 204 Å². The summed E-state index contributed by atoms with van der Waals surface area (Å²) in [6, 6.07) is 0. The van der Waals surface area contributed by atoms with Gasteiger partial charge in [0.25, 0.3) is 0 Å². The van der Waals surface area contributed by atoms with Crippen LogP contribution in [0.1, 0.15) is 0 Å². The van der Waals surface area contributed by atoms with E-state index in [1.165, 1.54) is 0 Å². The molecule has 7 fully saturated rings. The number of rotatable bonds is 26. The fourth-order valence-electron chi connectivity index (χ4n) is 11.0. The summed E-state index contributed by atoms with van der Waals surface area (Å²) in [5, 5.41) is 279. The molecule has 0 aromatic rings. The predicted octanol–water partition coefficient (Wildman–Crippen LogP) is -18.6. The molecule has 41 nitrogen and oxygen atoms in total. The number of hydrogen-bond acceptors (Lipinski definition) is 41. The zero-order chi connectivity index (χ0) is 65.8. The van der Waals surface area contributed by atoms with Crippen LogP contribution in [0.2, 0.25) is 0 Å². The summed E-state index contributed by atoms with van der Waals surface area (Å²) in [4.78, 5) is 11.5. The van der Waals surface area contributed by atoms with E-state index in [9.17, 15) is 138 Å². The standard InChI is InChI=1S/C48H82O41/c49-1-10(58)19(60)35(11(59)2-50)83-43-29(70)37(22(63)13(4-52)77-43)85-45-31(72)39(24(65)15(6-54)79-45)87-47-33(74)41(26(67)17(8-56)81-47)89-48-34(75)40(25(66)18(9-57)82-48)88-46-32(73)38(23(64)16(7-55)80-46)86-44-30(71)36(21(62)14(5-53)78-44)84-42-28(69)27(68)20(61)12(3-51)76-42/h2,10-49,51-75H,1,3-9H2/t10-,11+,12-,13-,14-,15-,16-,17-,18-,19-,20-,21-,22-,23-,24-,25-,26-,27+,28-,29-,30-,31-,32-,33-,34-,35-,36+,37+,38+,39+,40+,41+,42+,43+,44+,45+,46+,47+,48+/m1/s1. The van der Waals surface area contributed by atoms with Gasteiger partial charge in [0.15, 0.2) is 50.3 Å². The molecule has 0 aromatic carbocycles. The molecule has 7 aliphatic heterocycles. The second kappa shape index (κ2) is 32.7. The maximum atomic E-state index is 11.8. The van der Waals surface area contributed by atoms with Gasteiger partial charge in [-0.3, -0.25) is 0 Å². The van der Waals surface area contributed by atoms with Crippen LogP contribution in [0.4, 0.5) is 0 Å². The summed E-state index contributed by atoms with van der Waals surface area (Å²) >= 11 is 0. The number of aldehydes is 1. The lowest BCUT2D eigenvalue weighted by Gasteiger charge is -2.50. The van der Waals surface area contributed by atoms with Gasteiger partial charge in [-0.05, 0) is 0 Å². The summed E-state index contributed by atoms with van der Waals surface area (Å²) in [7, 11) is 0. The van der Waals surface area contributed by atoms with Gasteiger partial charge in [-0.25, -0.2) is 0 Å². The van der Waals surface area contributed by atoms with Crippen molar-refractivity contribution in [3.63, 3.8) is 0 Å². The highest BCUT2D eigenvalue weighted by atomic mass is 16.8. The lowest BCUT2D eigenvalue weighted by molar-refractivity contribution is -0.401. The first kappa shape index (κ1) is 74.5. The summed E-state index contributed by atoms with van der Waals surface area (Å²) in [6.07, 6.45) is -82.2. The van der Waals surface area contributed by atoms with E-state index in [1.807, 2.05) is 0 Å². The molecule has 7 heterocycles. The van der Waals surface area contributed by atoms with Gasteiger partial charge in [0.1, 0.15) is 195 Å². The first-order valence-corrected chi connectivity index (χ1v) is 27.9. The van der Waals surface area contributed by atoms with E-state index < -0.39 is 292 Å². The van der Waals surface area contributed by atoms with Crippen molar-refractivity contribution >= 4 is 6.29 Å². The molecule has 7 aliphatic rings. The van der Waals surface area contributed by atoms with Crippen molar-refractivity contribution in [3.05, 3.63) is 0 Å². The van der Waals surface area contributed by atoms with Gasteiger partial charge in [-0.15, -0.1) is 0 Å². The third-order valence-electron chi connectivity index (χ3n) is 16.2. The molecular formula is C48H82O41. The van der Waals surface area contributed by atoms with Gasteiger partial charge in [0.05, 0.1) is 52.9 Å². The minimum Gasteiger partial charge on any atom is -0.394 e. The molecule has 26 N–H and O–H groups in total. The van der Waals surface area contributed by atoms with Gasteiger partial charge in [0.2, 0.25) is 0 Å². The molecule has 520 valence electrons. The fourth-order valence-corrected chi connectivity index (χ4v) is 11.0. The first-order chi connectivity index (χ1) is 42.2. The number of aliphatic hydroxyl groups excluding tert-OH is 26. The highest BCUT2D eigenvalue weighted by Crippen LogP contribution is 2.38. The van der Waals surface area contributed by atoms with Crippen LogP contribution >= 0.6 is 0 Å². The topological polar surface area (TPSA) is 672 Å². The molecule has 89 heavy (non-hydrogen) atoms. The summed E-state index contributed by atoms with van der Waals surface area (Å²) in [5.74, 6) is 0. The largest absolute Gasteiger partial charge is 0.394 e. The SMILES string of the molecule is O=C[C@H](O)[C@@H](O[C@@H]1O[C@H](CO)[C@@H](O)[C@H](O[C@@H]2O[C@H](CO)[C@@H](O)[C@H](O[C@@H]3O[C@H](CO)[C@@H](O)[C@H](O[C@@H]4O[C@H](CO)[C@@H](O)[C@H](O[C@@H]5O[C@H](CO)[C@@H](O)[C@H](O[C@@H]6O[C@H](CO)[C@@H](O)[C@H](O[C@@H]7O[C@H](CO)[C@@H](O)[C@H](O)[C@H]7O)[C@H]6O)[C@H]5O)[C@H]4O)[C@H]3O)[C@H]2O)[C@H]1O)[C@H](O)[C@H](O)CO. The minimum absolute atomic E-state index is 0.158. The van der Waals surface area contributed by atoms with Crippen LogP contribution in [-0.2, 0) is 71.1 Å². The molecule has 0 aliphatic carbocycles. The van der Waals surface area contributed by atoms with Gasteiger partial charge < -0.3 is 204 Å². The monoisotopic (exact) mass is 1310 g/mol. The molecule has 0 radical (unpaired) electrons. The summed E-state index contributed by atoms with van der Waals surface area (Å²) in [5.41, 5.74) is 0. The second-order valence-corrected chi connectivity index (χ2v) is 22.0. The predicted molar refractivity (Wildman–Crippen MR) is 266 cm³/mol. The van der Waals surface area contributed by atoms with Gasteiger partial charge in [-0.1, -0.05) is 0 Å². The van der Waals surface area contributed by atoms with Crippen molar-refractivity contribution in [3.8, 4) is 0 Å². The normalized spacial score (nSPS) is 49.8. The third-order valence-corrected chi connectivity index (χ3v) is 16.2. The summed E-state index contributed by atoms with van der Waals surface area (Å²) < 4.78 is 78.1. The lowest BCUT2D eigenvalue weighted by atomic mass is 9.95. The Hall–Kier alpha value is -1.93. The Bertz CT molecular complexity index is 2120. The minimum atomic E-state index is -2.40. The zero-order valence-electron chi connectivity index (χ0n) is 46.5. The number of aliphatic hydroxyl groups is 26. The Balaban J connectivity index is 1.07. The van der Waals surface area contributed by atoms with Crippen LogP contribution < -0.4 is 0 Å². The molecule has 0 bridgehead atoms. The zero-order valence-corrected chi connectivity index (χ0v) is 46.5. The highest BCUT2D eigenvalue weighted by Gasteiger charge is 2.59. The molecule has 7 rings (SSSR count). The van der Waals surface area contributed by atoms with Gasteiger partial charge >= 0.3 is 0 Å². The van der Waals surface area contributed by atoms with E-state index in [-0.39, 0.29) is 6.29 Å². The van der Waals surface area contributed by atoms with Gasteiger partial charge in [-0.2, -0.15) is 0 Å². The molecule has 0 spiro atoms. The van der Waals surface area contributed by atoms with Crippen LogP contribution in [0.3, 0.4) is 0 Å². The van der Waals surface area contributed by atoms with Crippen molar-refractivity contribution in [2.24, 2.45) is 0 Å². The van der Waals surface area contributed by atoms with E-state index in [0.29, 0.717) is 0 Å². The first-order valence-electron chi connectivity index (χ1n) is 27.9. The van der Waals surface area contributed by atoms with E-state index in [1.54, 1.807) is 0 Å². The Labute approximate surface area is 501 Å². The van der Waals surface area contributed by atoms with E-state index >= 15 is 0 Å². The van der Waals surface area contributed by atoms with E-state index in [0.717, 1.165) is 0 Å². The van der Waals surface area contributed by atoms with Crippen LogP contribution in [-0.4, -0.2) is 431 Å². The van der Waals surface area contributed by atoms with Crippen LogP contribution in [0, 0.1) is 0 Å². The van der Waals surface area contributed by atoms with Crippen molar-refractivity contribution in [1.29, 1.82) is 0 Å². The lowest BCUT2D eigenvalue weighted by Crippen LogP contribution is -2.69. The number of hydrogen-bond donors (Lipinski definition) is 26. The van der Waals surface area contributed by atoms with Crippen molar-refractivity contribution in [1.82, 2.24) is 0 Å². The van der Waals surface area contributed by atoms with Crippen LogP contribution in [0.5, 0.6) is 0 Å². The Kier molecular flexibility index (Phi) is 27.3. The van der Waals surface area contributed by atoms with E-state index in [4.69, 9.17) is 66.3 Å². The molecule has 7 saturated heterocycles. The van der Waals surface area contributed by atoms with Crippen molar-refractivity contribution in [2.45, 2.75) is 239 Å². The van der Waals surface area contributed by atoms with Crippen LogP contribution in [0.25, 0.3) is 0 Å².